The Morgan fingerprint density at radius 1 is 1.15 bits per heavy atom. The molecular weight excluding hydrogens is 354 g/mol. The molecule has 0 unspecified atom stereocenters. The zero-order valence-corrected chi connectivity index (χ0v) is 15.0. The number of amides is 1. The molecule has 0 saturated carbocycles. The van der Waals surface area contributed by atoms with Crippen LogP contribution in [-0.2, 0) is 19.7 Å². The Morgan fingerprint density at radius 2 is 1.88 bits per heavy atom. The summed E-state index contributed by atoms with van der Waals surface area (Å²) in [5.74, 6) is 1.14. The maximum absolute atomic E-state index is 12.2. The van der Waals surface area contributed by atoms with Crippen LogP contribution in [0.15, 0.2) is 48.5 Å². The summed E-state index contributed by atoms with van der Waals surface area (Å²) >= 11 is 5.85. The first-order valence-electron chi connectivity index (χ1n) is 8.16. The number of benzene rings is 2. The van der Waals surface area contributed by atoms with Crippen LogP contribution >= 0.6 is 11.6 Å². The van der Waals surface area contributed by atoms with Gasteiger partial charge in [0, 0.05) is 23.7 Å². The molecular formula is C18H18ClN5O2. The molecule has 3 aromatic rings. The molecule has 0 bridgehead atoms. The highest BCUT2D eigenvalue weighted by Gasteiger charge is 2.08. The molecule has 0 aliphatic rings. The standard InChI is InChI=1S/C18H18ClN5O2/c1-2-24-17(21-22-23-24)12-26-16-9-5-14(6-10-16)18(25)20-11-13-3-7-15(19)8-4-13/h3-10H,2,11-12H2,1H3,(H,20,25). The Bertz CT molecular complexity index is 862. The van der Waals surface area contributed by atoms with Gasteiger partial charge in [0.05, 0.1) is 0 Å². The summed E-state index contributed by atoms with van der Waals surface area (Å²) in [7, 11) is 0. The highest BCUT2D eigenvalue weighted by molar-refractivity contribution is 6.30. The topological polar surface area (TPSA) is 81.9 Å². The van der Waals surface area contributed by atoms with Gasteiger partial charge in [-0.15, -0.1) is 5.10 Å². The van der Waals surface area contributed by atoms with E-state index in [4.69, 9.17) is 16.3 Å². The Balaban J connectivity index is 1.53. The van der Waals surface area contributed by atoms with Gasteiger partial charge >= 0.3 is 0 Å². The molecule has 1 amide bonds. The van der Waals surface area contributed by atoms with Crippen molar-refractivity contribution in [1.82, 2.24) is 25.5 Å². The molecule has 0 atom stereocenters. The number of aryl methyl sites for hydroxylation is 1. The second kappa shape index (κ2) is 8.44. The first-order valence-corrected chi connectivity index (χ1v) is 8.54. The summed E-state index contributed by atoms with van der Waals surface area (Å²) in [6, 6.07) is 14.3. The van der Waals surface area contributed by atoms with Crippen molar-refractivity contribution in [2.45, 2.75) is 26.6 Å². The minimum Gasteiger partial charge on any atom is -0.486 e. The van der Waals surface area contributed by atoms with Crippen molar-refractivity contribution in [3.63, 3.8) is 0 Å². The summed E-state index contributed by atoms with van der Waals surface area (Å²) in [5, 5.41) is 14.9. The minimum absolute atomic E-state index is 0.151. The molecule has 3 rings (SSSR count). The second-order valence-corrected chi connectivity index (χ2v) is 5.97. The first kappa shape index (κ1) is 17.9. The van der Waals surface area contributed by atoms with Crippen LogP contribution in [0.5, 0.6) is 5.75 Å². The molecule has 26 heavy (non-hydrogen) atoms. The van der Waals surface area contributed by atoms with Gasteiger partial charge in [-0.05, 0) is 59.3 Å². The van der Waals surface area contributed by atoms with Gasteiger partial charge in [-0.1, -0.05) is 23.7 Å². The number of rotatable bonds is 7. The Kier molecular flexibility index (Phi) is 5.80. The average molecular weight is 372 g/mol. The lowest BCUT2D eigenvalue weighted by molar-refractivity contribution is 0.0951. The summed E-state index contributed by atoms with van der Waals surface area (Å²) in [6.07, 6.45) is 0. The quantitative estimate of drug-likeness (QED) is 0.690. The number of hydrogen-bond donors (Lipinski definition) is 1. The van der Waals surface area contributed by atoms with E-state index < -0.39 is 0 Å². The third-order valence-electron chi connectivity index (χ3n) is 3.76. The van der Waals surface area contributed by atoms with Crippen LogP contribution in [0.25, 0.3) is 0 Å². The third-order valence-corrected chi connectivity index (χ3v) is 4.01. The van der Waals surface area contributed by atoms with Crippen LogP contribution in [0, 0.1) is 0 Å². The van der Waals surface area contributed by atoms with E-state index >= 15 is 0 Å². The van der Waals surface area contributed by atoms with Crippen molar-refractivity contribution in [1.29, 1.82) is 0 Å². The van der Waals surface area contributed by atoms with E-state index in [2.05, 4.69) is 20.8 Å². The first-order chi connectivity index (χ1) is 12.7. The van der Waals surface area contributed by atoms with Gasteiger partial charge < -0.3 is 10.1 Å². The van der Waals surface area contributed by atoms with Crippen LogP contribution in [0.4, 0.5) is 0 Å². The Morgan fingerprint density at radius 3 is 2.58 bits per heavy atom. The zero-order valence-electron chi connectivity index (χ0n) is 14.2. The van der Waals surface area contributed by atoms with Crippen molar-refractivity contribution in [3.05, 3.63) is 70.5 Å². The van der Waals surface area contributed by atoms with E-state index in [9.17, 15) is 4.79 Å². The summed E-state index contributed by atoms with van der Waals surface area (Å²) in [4.78, 5) is 12.2. The molecule has 2 aromatic carbocycles. The van der Waals surface area contributed by atoms with E-state index in [1.807, 2.05) is 19.1 Å². The summed E-state index contributed by atoms with van der Waals surface area (Å²) in [6.45, 7) is 3.34. The number of ether oxygens (including phenoxy) is 1. The average Bonchev–Trinajstić information content (AvgIpc) is 3.13. The van der Waals surface area contributed by atoms with Crippen molar-refractivity contribution in [2.24, 2.45) is 0 Å². The normalized spacial score (nSPS) is 10.5. The van der Waals surface area contributed by atoms with Gasteiger partial charge in [0.25, 0.3) is 5.91 Å². The van der Waals surface area contributed by atoms with Crippen LogP contribution < -0.4 is 10.1 Å². The summed E-state index contributed by atoms with van der Waals surface area (Å²) in [5.41, 5.74) is 1.54. The molecule has 0 radical (unpaired) electrons. The Labute approximate surface area is 155 Å². The van der Waals surface area contributed by atoms with Gasteiger partial charge in [0.1, 0.15) is 12.4 Å². The number of hydrogen-bond acceptors (Lipinski definition) is 5. The zero-order chi connectivity index (χ0) is 18.4. The molecule has 1 aromatic heterocycles. The number of aromatic nitrogens is 4. The lowest BCUT2D eigenvalue weighted by Crippen LogP contribution is -2.22. The van der Waals surface area contributed by atoms with E-state index in [0.717, 1.165) is 5.56 Å². The molecule has 0 fully saturated rings. The van der Waals surface area contributed by atoms with Crippen LogP contribution in [0.3, 0.4) is 0 Å². The molecule has 1 heterocycles. The lowest BCUT2D eigenvalue weighted by Gasteiger charge is -2.08. The maximum Gasteiger partial charge on any atom is 0.251 e. The van der Waals surface area contributed by atoms with Crippen molar-refractivity contribution >= 4 is 17.5 Å². The van der Waals surface area contributed by atoms with Crippen LogP contribution in [0.2, 0.25) is 5.02 Å². The fraction of sp³-hybridized carbons (Fsp3) is 0.222. The number of carbonyl (C=O) groups excluding carboxylic acids is 1. The van der Waals surface area contributed by atoms with E-state index in [1.54, 1.807) is 41.1 Å². The predicted molar refractivity (Wildman–Crippen MR) is 96.9 cm³/mol. The fourth-order valence-electron chi connectivity index (χ4n) is 2.31. The minimum atomic E-state index is -0.151. The van der Waals surface area contributed by atoms with Gasteiger partial charge in [-0.25, -0.2) is 4.68 Å². The second-order valence-electron chi connectivity index (χ2n) is 5.53. The third kappa shape index (κ3) is 4.58. The molecule has 0 spiro atoms. The molecule has 0 saturated heterocycles. The molecule has 1 N–H and O–H groups in total. The number of tetrazole rings is 1. The number of nitrogens with zero attached hydrogens (tertiary/aromatic N) is 4. The van der Waals surface area contributed by atoms with Gasteiger partial charge in [0.15, 0.2) is 5.82 Å². The lowest BCUT2D eigenvalue weighted by atomic mass is 10.2. The highest BCUT2D eigenvalue weighted by Crippen LogP contribution is 2.14. The SMILES string of the molecule is CCn1nnnc1COc1ccc(C(=O)NCc2ccc(Cl)cc2)cc1. The van der Waals surface area contributed by atoms with Gasteiger partial charge in [-0.2, -0.15) is 0 Å². The number of carbonyl (C=O) groups is 1. The molecule has 0 aliphatic heterocycles. The van der Waals surface area contributed by atoms with Crippen LogP contribution in [-0.4, -0.2) is 26.1 Å². The smallest absolute Gasteiger partial charge is 0.251 e. The van der Waals surface area contributed by atoms with Crippen molar-refractivity contribution in [2.75, 3.05) is 0 Å². The van der Waals surface area contributed by atoms with Crippen LogP contribution in [0.1, 0.15) is 28.7 Å². The number of nitrogens with one attached hydrogen (secondary N) is 1. The fourth-order valence-corrected chi connectivity index (χ4v) is 2.44. The maximum atomic E-state index is 12.2. The number of halogens is 1. The van der Waals surface area contributed by atoms with Gasteiger partial charge in [-0.3, -0.25) is 4.79 Å². The van der Waals surface area contributed by atoms with Crippen molar-refractivity contribution in [3.8, 4) is 5.75 Å². The van der Waals surface area contributed by atoms with Gasteiger partial charge in [0.2, 0.25) is 0 Å². The molecule has 8 heteroatoms. The monoisotopic (exact) mass is 371 g/mol. The highest BCUT2D eigenvalue weighted by atomic mass is 35.5. The molecule has 7 nitrogen and oxygen atoms in total. The van der Waals surface area contributed by atoms with E-state index in [1.165, 1.54) is 0 Å². The van der Waals surface area contributed by atoms with Crippen molar-refractivity contribution < 1.29 is 9.53 Å². The van der Waals surface area contributed by atoms with E-state index in [0.29, 0.717) is 35.2 Å². The Hall–Kier alpha value is -2.93. The van der Waals surface area contributed by atoms with E-state index in [-0.39, 0.29) is 12.5 Å². The summed E-state index contributed by atoms with van der Waals surface area (Å²) < 4.78 is 7.33. The largest absolute Gasteiger partial charge is 0.486 e. The predicted octanol–water partition coefficient (Wildman–Crippen LogP) is 2.86. The molecule has 0 aliphatic carbocycles. The molecule has 134 valence electrons.